The van der Waals surface area contributed by atoms with Gasteiger partial charge in [0.05, 0.1) is 5.56 Å². The van der Waals surface area contributed by atoms with Crippen LogP contribution in [0.4, 0.5) is 4.39 Å². The number of nitrogens with one attached hydrogen (secondary N) is 1. The minimum Gasteiger partial charge on any atom is -0.350 e. The molecule has 0 heterocycles. The maximum Gasteiger partial charge on any atom is 0.254 e. The van der Waals surface area contributed by atoms with Gasteiger partial charge in [0.15, 0.2) is 0 Å². The van der Waals surface area contributed by atoms with E-state index in [4.69, 9.17) is 0 Å². The molecular weight excluding hydrogens is 255 g/mol. The van der Waals surface area contributed by atoms with Gasteiger partial charge in [-0.2, -0.15) is 0 Å². The molecule has 1 aromatic carbocycles. The fourth-order valence-electron chi connectivity index (χ4n) is 2.98. The molecule has 1 aromatic rings. The third kappa shape index (κ3) is 2.85. The molecule has 0 saturated heterocycles. The van der Waals surface area contributed by atoms with Gasteiger partial charge in [-0.05, 0) is 45.5 Å². The lowest BCUT2D eigenvalue weighted by Gasteiger charge is -2.36. The number of hydrogen-bond donors (Lipinski definition) is 1. The monoisotopic (exact) mass is 278 g/mol. The summed E-state index contributed by atoms with van der Waals surface area (Å²) in [6.45, 7) is 2.25. The van der Waals surface area contributed by atoms with Gasteiger partial charge >= 0.3 is 0 Å². The van der Waals surface area contributed by atoms with Gasteiger partial charge in [-0.15, -0.1) is 0 Å². The number of carbonyl (C=O) groups excluding carboxylic acids is 1. The van der Waals surface area contributed by atoms with Gasteiger partial charge in [0, 0.05) is 12.1 Å². The number of hydrogen-bond acceptors (Lipinski definition) is 2. The first-order valence-electron chi connectivity index (χ1n) is 7.17. The molecule has 1 aliphatic carbocycles. The summed E-state index contributed by atoms with van der Waals surface area (Å²) in [4.78, 5) is 14.4. The molecule has 4 heteroatoms. The molecule has 1 aliphatic rings. The van der Waals surface area contributed by atoms with Gasteiger partial charge in [0.1, 0.15) is 5.82 Å². The summed E-state index contributed by atoms with van der Waals surface area (Å²) in [5.41, 5.74) is 0.661. The number of amides is 1. The normalized spacial score (nSPS) is 17.4. The summed E-state index contributed by atoms with van der Waals surface area (Å²) in [6, 6.07) is 4.92. The molecule has 20 heavy (non-hydrogen) atoms. The second-order valence-electron chi connectivity index (χ2n) is 5.95. The lowest BCUT2D eigenvalue weighted by atomic mass is 9.96. The van der Waals surface area contributed by atoms with Crippen LogP contribution < -0.4 is 5.32 Å². The van der Waals surface area contributed by atoms with Crippen LogP contribution in [0.5, 0.6) is 0 Å². The highest BCUT2D eigenvalue weighted by Crippen LogP contribution is 2.33. The van der Waals surface area contributed by atoms with Crippen LogP contribution in [0.2, 0.25) is 0 Å². The molecule has 0 unspecified atom stereocenters. The quantitative estimate of drug-likeness (QED) is 0.918. The third-order valence-electron chi connectivity index (χ3n) is 4.50. The number of carbonyl (C=O) groups is 1. The SMILES string of the molecule is Cc1cccc(C(=O)NCC2(N(C)C)CCCC2)c1F. The highest BCUT2D eigenvalue weighted by molar-refractivity contribution is 5.94. The van der Waals surface area contributed by atoms with Crippen LogP contribution in [-0.4, -0.2) is 37.0 Å². The molecule has 3 nitrogen and oxygen atoms in total. The largest absolute Gasteiger partial charge is 0.350 e. The zero-order valence-electron chi connectivity index (χ0n) is 12.5. The number of nitrogens with zero attached hydrogens (tertiary/aromatic N) is 1. The van der Waals surface area contributed by atoms with Gasteiger partial charge in [0.2, 0.25) is 0 Å². The van der Waals surface area contributed by atoms with Crippen molar-refractivity contribution in [3.05, 3.63) is 35.1 Å². The number of aryl methyl sites for hydroxylation is 1. The first-order valence-corrected chi connectivity index (χ1v) is 7.17. The van der Waals surface area contributed by atoms with Gasteiger partial charge < -0.3 is 10.2 Å². The van der Waals surface area contributed by atoms with Crippen molar-refractivity contribution in [3.63, 3.8) is 0 Å². The molecule has 110 valence electrons. The average Bonchev–Trinajstić information content (AvgIpc) is 2.89. The fourth-order valence-corrected chi connectivity index (χ4v) is 2.98. The first-order chi connectivity index (χ1) is 9.46. The Morgan fingerprint density at radius 2 is 2.00 bits per heavy atom. The minimum absolute atomic E-state index is 0.0238. The Morgan fingerprint density at radius 1 is 1.35 bits per heavy atom. The van der Waals surface area contributed by atoms with Crippen molar-refractivity contribution in [2.24, 2.45) is 0 Å². The van der Waals surface area contributed by atoms with Crippen LogP contribution in [-0.2, 0) is 0 Å². The van der Waals surface area contributed by atoms with E-state index >= 15 is 0 Å². The Hall–Kier alpha value is -1.42. The van der Waals surface area contributed by atoms with E-state index < -0.39 is 5.82 Å². The lowest BCUT2D eigenvalue weighted by Crippen LogP contribution is -2.50. The molecular formula is C16H23FN2O. The van der Waals surface area contributed by atoms with Crippen LogP contribution in [0.3, 0.4) is 0 Å². The van der Waals surface area contributed by atoms with Crippen molar-refractivity contribution < 1.29 is 9.18 Å². The van der Waals surface area contributed by atoms with Crippen molar-refractivity contribution in [1.29, 1.82) is 0 Å². The van der Waals surface area contributed by atoms with Crippen molar-refractivity contribution >= 4 is 5.91 Å². The van der Waals surface area contributed by atoms with E-state index in [0.717, 1.165) is 12.8 Å². The molecule has 0 spiro atoms. The number of rotatable bonds is 4. The van der Waals surface area contributed by atoms with Crippen molar-refractivity contribution in [3.8, 4) is 0 Å². The van der Waals surface area contributed by atoms with Crippen LogP contribution in [0.25, 0.3) is 0 Å². The van der Waals surface area contributed by atoms with E-state index in [9.17, 15) is 9.18 Å². The van der Waals surface area contributed by atoms with Crippen LogP contribution in [0, 0.1) is 12.7 Å². The van der Waals surface area contributed by atoms with E-state index in [1.165, 1.54) is 18.9 Å². The Bertz CT molecular complexity index is 493. The van der Waals surface area contributed by atoms with E-state index in [2.05, 4.69) is 10.2 Å². The van der Waals surface area contributed by atoms with Crippen LogP contribution in [0.1, 0.15) is 41.6 Å². The third-order valence-corrected chi connectivity index (χ3v) is 4.50. The Labute approximate surface area is 120 Å². The molecule has 0 aliphatic heterocycles. The summed E-state index contributed by atoms with van der Waals surface area (Å²) in [5, 5.41) is 2.91. The van der Waals surface area contributed by atoms with Gasteiger partial charge in [-0.3, -0.25) is 4.79 Å². The standard InChI is InChI=1S/C16H23FN2O/c1-12-7-6-8-13(14(12)17)15(20)18-11-16(19(2)3)9-4-5-10-16/h6-8H,4-5,9-11H2,1-3H3,(H,18,20). The molecule has 0 aromatic heterocycles. The van der Waals surface area contributed by atoms with E-state index in [1.54, 1.807) is 19.1 Å². The van der Waals surface area contributed by atoms with Crippen LogP contribution in [0.15, 0.2) is 18.2 Å². The highest BCUT2D eigenvalue weighted by Gasteiger charge is 2.36. The summed E-state index contributed by atoms with van der Waals surface area (Å²) in [6.07, 6.45) is 4.53. The van der Waals surface area contributed by atoms with Gasteiger partial charge in [-0.1, -0.05) is 25.0 Å². The van der Waals surface area contributed by atoms with E-state index in [1.807, 2.05) is 14.1 Å². The molecule has 2 rings (SSSR count). The van der Waals surface area contributed by atoms with Crippen molar-refractivity contribution in [2.75, 3.05) is 20.6 Å². The fraction of sp³-hybridized carbons (Fsp3) is 0.562. The summed E-state index contributed by atoms with van der Waals surface area (Å²) >= 11 is 0. The summed E-state index contributed by atoms with van der Waals surface area (Å²) in [7, 11) is 4.09. The number of likely N-dealkylation sites (N-methyl/N-ethyl adjacent to an activating group) is 1. The molecule has 1 saturated carbocycles. The maximum atomic E-state index is 13.9. The predicted octanol–water partition coefficient (Wildman–Crippen LogP) is 2.74. The smallest absolute Gasteiger partial charge is 0.254 e. The Balaban J connectivity index is 2.07. The zero-order valence-corrected chi connectivity index (χ0v) is 12.5. The maximum absolute atomic E-state index is 13.9. The van der Waals surface area contributed by atoms with E-state index in [-0.39, 0.29) is 17.0 Å². The number of benzene rings is 1. The van der Waals surface area contributed by atoms with Crippen LogP contribution >= 0.6 is 0 Å². The summed E-state index contributed by atoms with van der Waals surface area (Å²) < 4.78 is 13.9. The molecule has 1 fully saturated rings. The molecule has 0 atom stereocenters. The Morgan fingerprint density at radius 3 is 2.60 bits per heavy atom. The predicted molar refractivity (Wildman–Crippen MR) is 78.4 cm³/mol. The number of halogens is 1. The minimum atomic E-state index is -0.421. The zero-order chi connectivity index (χ0) is 14.8. The van der Waals surface area contributed by atoms with Crippen molar-refractivity contribution in [1.82, 2.24) is 10.2 Å². The van der Waals surface area contributed by atoms with Crippen molar-refractivity contribution in [2.45, 2.75) is 38.1 Å². The second kappa shape index (κ2) is 5.92. The molecule has 1 amide bonds. The topological polar surface area (TPSA) is 32.3 Å². The molecule has 0 bridgehead atoms. The molecule has 1 N–H and O–H groups in total. The highest BCUT2D eigenvalue weighted by atomic mass is 19.1. The summed E-state index contributed by atoms with van der Waals surface area (Å²) in [5.74, 6) is -0.741. The second-order valence-corrected chi connectivity index (χ2v) is 5.95. The Kier molecular flexibility index (Phi) is 4.43. The lowest BCUT2D eigenvalue weighted by molar-refractivity contribution is 0.0896. The van der Waals surface area contributed by atoms with E-state index in [0.29, 0.717) is 12.1 Å². The van der Waals surface area contributed by atoms with Gasteiger partial charge in [-0.25, -0.2) is 4.39 Å². The molecule has 0 radical (unpaired) electrons. The van der Waals surface area contributed by atoms with Gasteiger partial charge in [0.25, 0.3) is 5.91 Å². The average molecular weight is 278 g/mol. The first kappa shape index (κ1) is 15.0.